The van der Waals surface area contributed by atoms with Crippen LogP contribution in [-0.2, 0) is 11.2 Å². The van der Waals surface area contributed by atoms with Gasteiger partial charge in [0.2, 0.25) is 11.9 Å². The zero-order chi connectivity index (χ0) is 18.1. The number of aryl methyl sites for hydroxylation is 1. The molecule has 4 rings (SSSR count). The summed E-state index contributed by atoms with van der Waals surface area (Å²) >= 11 is 0. The van der Waals surface area contributed by atoms with Gasteiger partial charge in [0.1, 0.15) is 0 Å². The largest absolute Gasteiger partial charge is 0.337 e. The van der Waals surface area contributed by atoms with Crippen molar-refractivity contribution in [2.24, 2.45) is 0 Å². The molecule has 1 aromatic carbocycles. The fraction of sp³-hybridized carbons (Fsp3) is 0.368. The van der Waals surface area contributed by atoms with E-state index in [-0.39, 0.29) is 11.8 Å². The van der Waals surface area contributed by atoms with Crippen LogP contribution < -0.4 is 9.80 Å². The van der Waals surface area contributed by atoms with E-state index >= 15 is 0 Å². The third-order valence-electron chi connectivity index (χ3n) is 5.07. The number of carbonyl (C=O) groups is 2. The van der Waals surface area contributed by atoms with Gasteiger partial charge in [0.15, 0.2) is 0 Å². The molecule has 26 heavy (non-hydrogen) atoms. The summed E-state index contributed by atoms with van der Waals surface area (Å²) in [7, 11) is 1.78. The summed E-state index contributed by atoms with van der Waals surface area (Å²) < 4.78 is 0. The minimum Gasteiger partial charge on any atom is -0.337 e. The van der Waals surface area contributed by atoms with Gasteiger partial charge in [-0.25, -0.2) is 9.97 Å². The molecule has 2 aliphatic heterocycles. The van der Waals surface area contributed by atoms with Crippen molar-refractivity contribution in [3.63, 3.8) is 0 Å². The molecule has 0 spiro atoms. The van der Waals surface area contributed by atoms with Gasteiger partial charge in [-0.05, 0) is 36.2 Å². The van der Waals surface area contributed by atoms with E-state index in [0.29, 0.717) is 37.4 Å². The summed E-state index contributed by atoms with van der Waals surface area (Å²) in [5.41, 5.74) is 2.66. The second kappa shape index (κ2) is 6.74. The standard InChI is InChI=1S/C19H21N5O2/c1-22-16-5-3-15(13-14(16)4-6-17(22)25)18(26)23-9-11-24(12-10-23)19-20-7-2-8-21-19/h2-3,5,7-8,13H,4,6,9-12H2,1H3. The number of rotatable bonds is 2. The summed E-state index contributed by atoms with van der Waals surface area (Å²) in [5.74, 6) is 0.873. The van der Waals surface area contributed by atoms with Crippen molar-refractivity contribution in [1.29, 1.82) is 0 Å². The van der Waals surface area contributed by atoms with Crippen LogP contribution in [0.25, 0.3) is 0 Å². The summed E-state index contributed by atoms with van der Waals surface area (Å²) in [6.45, 7) is 2.73. The smallest absolute Gasteiger partial charge is 0.253 e. The van der Waals surface area contributed by atoms with Crippen LogP contribution in [0, 0.1) is 0 Å². The zero-order valence-electron chi connectivity index (χ0n) is 14.8. The van der Waals surface area contributed by atoms with E-state index in [1.165, 1.54) is 0 Å². The topological polar surface area (TPSA) is 69.6 Å². The molecular weight excluding hydrogens is 330 g/mol. The lowest BCUT2D eigenvalue weighted by molar-refractivity contribution is -0.118. The molecule has 2 aromatic rings. The van der Waals surface area contributed by atoms with Crippen LogP contribution in [-0.4, -0.2) is 59.9 Å². The van der Waals surface area contributed by atoms with Crippen molar-refractivity contribution in [2.45, 2.75) is 12.8 Å². The number of piperazine rings is 1. The molecule has 0 N–H and O–H groups in total. The maximum Gasteiger partial charge on any atom is 0.253 e. The minimum absolute atomic E-state index is 0.0426. The Balaban J connectivity index is 1.45. The zero-order valence-corrected chi connectivity index (χ0v) is 14.8. The highest BCUT2D eigenvalue weighted by Crippen LogP contribution is 2.28. The number of nitrogens with zero attached hydrogens (tertiary/aromatic N) is 5. The Labute approximate surface area is 152 Å². The quantitative estimate of drug-likeness (QED) is 0.817. The Kier molecular flexibility index (Phi) is 4.28. The van der Waals surface area contributed by atoms with Crippen LogP contribution in [0.4, 0.5) is 11.6 Å². The van der Waals surface area contributed by atoms with Crippen LogP contribution >= 0.6 is 0 Å². The fourth-order valence-electron chi connectivity index (χ4n) is 3.54. The van der Waals surface area contributed by atoms with Gasteiger partial charge in [-0.3, -0.25) is 9.59 Å². The molecule has 3 heterocycles. The highest BCUT2D eigenvalue weighted by atomic mass is 16.2. The van der Waals surface area contributed by atoms with E-state index < -0.39 is 0 Å². The van der Waals surface area contributed by atoms with Gasteiger partial charge < -0.3 is 14.7 Å². The third kappa shape index (κ3) is 3.00. The van der Waals surface area contributed by atoms with Gasteiger partial charge in [0.05, 0.1) is 0 Å². The second-order valence-corrected chi connectivity index (χ2v) is 6.62. The van der Waals surface area contributed by atoms with Crippen molar-refractivity contribution in [2.75, 3.05) is 43.0 Å². The van der Waals surface area contributed by atoms with E-state index in [4.69, 9.17) is 0 Å². The summed E-state index contributed by atoms with van der Waals surface area (Å²) in [5, 5.41) is 0. The monoisotopic (exact) mass is 351 g/mol. The number of hydrogen-bond donors (Lipinski definition) is 0. The molecule has 0 saturated carbocycles. The normalized spacial score (nSPS) is 17.3. The number of benzene rings is 1. The number of aromatic nitrogens is 2. The number of amides is 2. The molecule has 7 heteroatoms. The van der Waals surface area contributed by atoms with Crippen molar-refractivity contribution < 1.29 is 9.59 Å². The van der Waals surface area contributed by atoms with Gasteiger partial charge in [-0.15, -0.1) is 0 Å². The van der Waals surface area contributed by atoms with Crippen LogP contribution in [0.1, 0.15) is 22.3 Å². The van der Waals surface area contributed by atoms with Gasteiger partial charge >= 0.3 is 0 Å². The second-order valence-electron chi connectivity index (χ2n) is 6.62. The SMILES string of the molecule is CN1C(=O)CCc2cc(C(=O)N3CCN(c4ncccn4)CC3)ccc21. The Hall–Kier alpha value is -2.96. The molecule has 1 aromatic heterocycles. The predicted molar refractivity (Wildman–Crippen MR) is 98.3 cm³/mol. The first-order chi connectivity index (χ1) is 12.6. The van der Waals surface area contributed by atoms with Gasteiger partial charge in [0, 0.05) is 63.3 Å². The lowest BCUT2D eigenvalue weighted by Gasteiger charge is -2.35. The Morgan fingerprint density at radius 2 is 1.77 bits per heavy atom. The molecule has 0 atom stereocenters. The molecule has 0 radical (unpaired) electrons. The summed E-state index contributed by atoms with van der Waals surface area (Å²) in [6.07, 6.45) is 4.65. The van der Waals surface area contributed by atoms with Gasteiger partial charge in [-0.2, -0.15) is 0 Å². The minimum atomic E-state index is 0.0426. The summed E-state index contributed by atoms with van der Waals surface area (Å²) in [6, 6.07) is 7.44. The third-order valence-corrected chi connectivity index (χ3v) is 5.07. The lowest BCUT2D eigenvalue weighted by Crippen LogP contribution is -2.49. The highest BCUT2D eigenvalue weighted by Gasteiger charge is 2.26. The van der Waals surface area contributed by atoms with E-state index in [0.717, 1.165) is 24.3 Å². The molecule has 134 valence electrons. The number of carbonyl (C=O) groups excluding carboxylic acids is 2. The maximum atomic E-state index is 12.9. The average molecular weight is 351 g/mol. The molecule has 0 aliphatic carbocycles. The fourth-order valence-corrected chi connectivity index (χ4v) is 3.54. The van der Waals surface area contributed by atoms with E-state index in [9.17, 15) is 9.59 Å². The van der Waals surface area contributed by atoms with Gasteiger partial charge in [-0.1, -0.05) is 0 Å². The first-order valence-electron chi connectivity index (χ1n) is 8.84. The molecule has 2 aliphatic rings. The first-order valence-corrected chi connectivity index (χ1v) is 8.84. The van der Waals surface area contributed by atoms with Crippen molar-refractivity contribution in [1.82, 2.24) is 14.9 Å². The van der Waals surface area contributed by atoms with E-state index in [1.54, 1.807) is 30.4 Å². The lowest BCUT2D eigenvalue weighted by atomic mass is 9.98. The molecule has 7 nitrogen and oxygen atoms in total. The Bertz CT molecular complexity index is 831. The number of hydrogen-bond acceptors (Lipinski definition) is 5. The number of anilines is 2. The Morgan fingerprint density at radius 1 is 1.04 bits per heavy atom. The summed E-state index contributed by atoms with van der Waals surface area (Å²) in [4.78, 5) is 38.9. The van der Waals surface area contributed by atoms with Crippen LogP contribution in [0.2, 0.25) is 0 Å². The molecule has 2 amide bonds. The molecule has 1 fully saturated rings. The number of fused-ring (bicyclic) bond motifs is 1. The highest BCUT2D eigenvalue weighted by molar-refractivity contribution is 5.99. The van der Waals surface area contributed by atoms with Crippen LogP contribution in [0.3, 0.4) is 0 Å². The van der Waals surface area contributed by atoms with Crippen LogP contribution in [0.5, 0.6) is 0 Å². The maximum absolute atomic E-state index is 12.9. The molecule has 0 bridgehead atoms. The van der Waals surface area contributed by atoms with E-state index in [2.05, 4.69) is 14.9 Å². The average Bonchev–Trinajstić information content (AvgIpc) is 2.71. The Morgan fingerprint density at radius 3 is 2.50 bits per heavy atom. The molecule has 0 unspecified atom stereocenters. The van der Waals surface area contributed by atoms with Crippen LogP contribution in [0.15, 0.2) is 36.7 Å². The van der Waals surface area contributed by atoms with Gasteiger partial charge in [0.25, 0.3) is 5.91 Å². The predicted octanol–water partition coefficient (Wildman–Crippen LogP) is 1.35. The van der Waals surface area contributed by atoms with E-state index in [1.807, 2.05) is 23.1 Å². The molecule has 1 saturated heterocycles. The van der Waals surface area contributed by atoms with Crippen molar-refractivity contribution in [3.8, 4) is 0 Å². The van der Waals surface area contributed by atoms with Crippen molar-refractivity contribution in [3.05, 3.63) is 47.8 Å². The van der Waals surface area contributed by atoms with Crippen molar-refractivity contribution >= 4 is 23.5 Å². The first kappa shape index (κ1) is 16.5. The molecular formula is C19H21N5O2.